The molecule has 1 saturated heterocycles. The first kappa shape index (κ1) is 13.7. The molecule has 0 saturated carbocycles. The molecule has 0 radical (unpaired) electrons. The second kappa shape index (κ2) is 6.42. The second-order valence-electron chi connectivity index (χ2n) is 5.56. The Bertz CT molecular complexity index is 530. The van der Waals surface area contributed by atoms with Gasteiger partial charge >= 0.3 is 0 Å². The number of anilines is 1. The van der Waals surface area contributed by atoms with Crippen molar-refractivity contribution in [1.29, 1.82) is 0 Å². The summed E-state index contributed by atoms with van der Waals surface area (Å²) >= 11 is 1.76. The summed E-state index contributed by atoms with van der Waals surface area (Å²) in [6.07, 6.45) is 2.70. The van der Waals surface area contributed by atoms with E-state index in [9.17, 15) is 0 Å². The van der Waals surface area contributed by atoms with Crippen molar-refractivity contribution in [2.45, 2.75) is 32.4 Å². The zero-order chi connectivity index (χ0) is 13.8. The zero-order valence-electron chi connectivity index (χ0n) is 12.0. The third-order valence-electron chi connectivity index (χ3n) is 4.03. The topological polar surface area (TPSA) is 15.3 Å². The zero-order valence-corrected chi connectivity index (χ0v) is 12.8. The second-order valence-corrected chi connectivity index (χ2v) is 6.34. The summed E-state index contributed by atoms with van der Waals surface area (Å²) in [6, 6.07) is 11.3. The molecule has 1 aromatic carbocycles. The van der Waals surface area contributed by atoms with E-state index < -0.39 is 0 Å². The lowest BCUT2D eigenvalue weighted by atomic mass is 10.1. The van der Waals surface area contributed by atoms with Crippen molar-refractivity contribution in [3.8, 4) is 0 Å². The van der Waals surface area contributed by atoms with Gasteiger partial charge in [0, 0.05) is 18.3 Å². The molecule has 3 rings (SSSR count). The lowest BCUT2D eigenvalue weighted by Gasteiger charge is -2.21. The molecule has 3 heteroatoms. The van der Waals surface area contributed by atoms with Gasteiger partial charge in [0.1, 0.15) is 0 Å². The molecule has 1 aromatic heterocycles. The van der Waals surface area contributed by atoms with E-state index in [1.807, 2.05) is 0 Å². The summed E-state index contributed by atoms with van der Waals surface area (Å²) < 4.78 is 0. The monoisotopic (exact) mass is 286 g/mol. The number of thiophene rings is 1. The fourth-order valence-electron chi connectivity index (χ4n) is 2.82. The molecular formula is C17H22N2S. The molecule has 2 nitrogen and oxygen atoms in total. The Hall–Kier alpha value is -1.32. The normalized spacial score (nSPS) is 17.2. The van der Waals surface area contributed by atoms with Crippen molar-refractivity contribution in [1.82, 2.24) is 4.90 Å². The van der Waals surface area contributed by atoms with Gasteiger partial charge in [0.2, 0.25) is 0 Å². The standard InChI is InChI=1S/C17H22N2S/c1-14(16-8-11-20-13-16)18-17-7-3-2-6-15(17)12-19-9-4-5-10-19/h2-3,6-8,11,13-14,18H,4-5,9-10,12H2,1H3. The molecule has 20 heavy (non-hydrogen) atoms. The van der Waals surface area contributed by atoms with Crippen LogP contribution in [0.4, 0.5) is 5.69 Å². The van der Waals surface area contributed by atoms with Crippen molar-refractivity contribution in [3.05, 3.63) is 52.2 Å². The maximum atomic E-state index is 3.67. The highest BCUT2D eigenvalue weighted by Gasteiger charge is 2.14. The average Bonchev–Trinajstić information content (AvgIpc) is 3.13. The van der Waals surface area contributed by atoms with Crippen LogP contribution < -0.4 is 5.32 Å². The number of likely N-dealkylation sites (tertiary alicyclic amines) is 1. The van der Waals surface area contributed by atoms with Crippen LogP contribution in [0, 0.1) is 0 Å². The van der Waals surface area contributed by atoms with Crippen LogP contribution in [-0.4, -0.2) is 18.0 Å². The quantitative estimate of drug-likeness (QED) is 0.869. The van der Waals surface area contributed by atoms with Gasteiger partial charge in [0.25, 0.3) is 0 Å². The number of benzene rings is 1. The van der Waals surface area contributed by atoms with Crippen molar-refractivity contribution in [2.75, 3.05) is 18.4 Å². The highest BCUT2D eigenvalue weighted by molar-refractivity contribution is 7.07. The van der Waals surface area contributed by atoms with Crippen LogP contribution >= 0.6 is 11.3 Å². The maximum absolute atomic E-state index is 3.67. The van der Waals surface area contributed by atoms with Crippen molar-refractivity contribution < 1.29 is 0 Å². The van der Waals surface area contributed by atoms with E-state index in [2.05, 4.69) is 58.2 Å². The van der Waals surface area contributed by atoms with Gasteiger partial charge in [-0.1, -0.05) is 18.2 Å². The van der Waals surface area contributed by atoms with Gasteiger partial charge in [0.05, 0.1) is 0 Å². The lowest BCUT2D eigenvalue weighted by molar-refractivity contribution is 0.332. The molecule has 1 aliphatic rings. The minimum absolute atomic E-state index is 0.362. The summed E-state index contributed by atoms with van der Waals surface area (Å²) in [6.45, 7) is 5.79. The molecule has 2 aromatic rings. The minimum atomic E-state index is 0.362. The summed E-state index contributed by atoms with van der Waals surface area (Å²) in [5, 5.41) is 8.03. The van der Waals surface area contributed by atoms with E-state index in [0.29, 0.717) is 6.04 Å². The molecule has 1 unspecified atom stereocenters. The third kappa shape index (κ3) is 3.22. The van der Waals surface area contributed by atoms with Gasteiger partial charge in [-0.2, -0.15) is 11.3 Å². The molecule has 1 atom stereocenters. The van der Waals surface area contributed by atoms with Crippen LogP contribution in [0.2, 0.25) is 0 Å². The first-order valence-corrected chi connectivity index (χ1v) is 8.36. The Morgan fingerprint density at radius 3 is 2.75 bits per heavy atom. The first-order valence-electron chi connectivity index (χ1n) is 7.42. The molecule has 2 heterocycles. The average molecular weight is 286 g/mol. The molecular weight excluding hydrogens is 264 g/mol. The fourth-order valence-corrected chi connectivity index (χ4v) is 3.57. The van der Waals surface area contributed by atoms with Crippen LogP contribution in [0.3, 0.4) is 0 Å². The molecule has 0 amide bonds. The van der Waals surface area contributed by atoms with Gasteiger partial charge in [-0.15, -0.1) is 0 Å². The molecule has 0 spiro atoms. The fraction of sp³-hybridized carbons (Fsp3) is 0.412. The van der Waals surface area contributed by atoms with E-state index >= 15 is 0 Å². The van der Waals surface area contributed by atoms with E-state index in [4.69, 9.17) is 0 Å². The Morgan fingerprint density at radius 2 is 2.00 bits per heavy atom. The van der Waals surface area contributed by atoms with Crippen molar-refractivity contribution in [3.63, 3.8) is 0 Å². The van der Waals surface area contributed by atoms with Gasteiger partial charge in [-0.25, -0.2) is 0 Å². The summed E-state index contributed by atoms with van der Waals surface area (Å²) in [4.78, 5) is 2.55. The third-order valence-corrected chi connectivity index (χ3v) is 4.73. The van der Waals surface area contributed by atoms with Crippen LogP contribution in [0.1, 0.15) is 36.9 Å². The Morgan fingerprint density at radius 1 is 1.20 bits per heavy atom. The lowest BCUT2D eigenvalue weighted by Crippen LogP contribution is -2.19. The predicted molar refractivity (Wildman–Crippen MR) is 87.3 cm³/mol. The number of nitrogens with zero attached hydrogens (tertiary/aromatic N) is 1. The maximum Gasteiger partial charge on any atom is 0.0493 e. The van der Waals surface area contributed by atoms with Gasteiger partial charge in [-0.3, -0.25) is 4.90 Å². The van der Waals surface area contributed by atoms with E-state index in [1.54, 1.807) is 11.3 Å². The number of hydrogen-bond donors (Lipinski definition) is 1. The SMILES string of the molecule is CC(Nc1ccccc1CN1CCCC1)c1ccsc1. The van der Waals surface area contributed by atoms with E-state index in [-0.39, 0.29) is 0 Å². The number of rotatable bonds is 5. The number of hydrogen-bond acceptors (Lipinski definition) is 3. The van der Waals surface area contributed by atoms with Crippen LogP contribution in [0.5, 0.6) is 0 Å². The Kier molecular flexibility index (Phi) is 4.38. The molecule has 1 aliphatic heterocycles. The van der Waals surface area contributed by atoms with Crippen LogP contribution in [-0.2, 0) is 6.54 Å². The van der Waals surface area contributed by atoms with E-state index in [1.165, 1.54) is 42.7 Å². The number of nitrogens with one attached hydrogen (secondary N) is 1. The van der Waals surface area contributed by atoms with E-state index in [0.717, 1.165) is 6.54 Å². The largest absolute Gasteiger partial charge is 0.378 e. The van der Waals surface area contributed by atoms with Gasteiger partial charge < -0.3 is 5.32 Å². The van der Waals surface area contributed by atoms with Crippen LogP contribution in [0.15, 0.2) is 41.1 Å². The summed E-state index contributed by atoms with van der Waals surface area (Å²) in [5.74, 6) is 0. The summed E-state index contributed by atoms with van der Waals surface area (Å²) in [7, 11) is 0. The summed E-state index contributed by atoms with van der Waals surface area (Å²) in [5.41, 5.74) is 4.06. The van der Waals surface area contributed by atoms with Crippen molar-refractivity contribution in [2.24, 2.45) is 0 Å². The molecule has 106 valence electrons. The molecule has 1 N–H and O–H groups in total. The van der Waals surface area contributed by atoms with Gasteiger partial charge in [-0.05, 0) is 66.9 Å². The Balaban J connectivity index is 1.72. The smallest absolute Gasteiger partial charge is 0.0493 e. The minimum Gasteiger partial charge on any atom is -0.378 e. The predicted octanol–water partition coefficient (Wildman–Crippen LogP) is 4.52. The molecule has 0 bridgehead atoms. The van der Waals surface area contributed by atoms with Gasteiger partial charge in [0.15, 0.2) is 0 Å². The number of para-hydroxylation sites is 1. The highest BCUT2D eigenvalue weighted by Crippen LogP contribution is 2.25. The van der Waals surface area contributed by atoms with Crippen LogP contribution in [0.25, 0.3) is 0 Å². The highest BCUT2D eigenvalue weighted by atomic mass is 32.1. The molecule has 0 aliphatic carbocycles. The van der Waals surface area contributed by atoms with Crippen molar-refractivity contribution >= 4 is 17.0 Å². The first-order chi connectivity index (χ1) is 9.83. The Labute approximate surface area is 125 Å². The molecule has 1 fully saturated rings.